The lowest BCUT2D eigenvalue weighted by Crippen LogP contribution is -2.28. The molecule has 1 N–H and O–H groups in total. The summed E-state index contributed by atoms with van der Waals surface area (Å²) in [7, 11) is 0. The average molecular weight is 430 g/mol. The molecule has 0 aliphatic carbocycles. The van der Waals surface area contributed by atoms with Crippen LogP contribution >= 0.6 is 11.8 Å². The summed E-state index contributed by atoms with van der Waals surface area (Å²) in [6.07, 6.45) is 1.60. The number of carbonyl (C=O) groups is 1. The normalized spacial score (nSPS) is 12.3. The van der Waals surface area contributed by atoms with E-state index < -0.39 is 0 Å². The molecule has 8 heteroatoms. The van der Waals surface area contributed by atoms with E-state index in [-0.39, 0.29) is 17.7 Å². The molecule has 0 radical (unpaired) electrons. The third-order valence-corrected chi connectivity index (χ3v) is 5.90. The third kappa shape index (κ3) is 3.77. The van der Waals surface area contributed by atoms with Gasteiger partial charge in [-0.2, -0.15) is 0 Å². The zero-order valence-corrected chi connectivity index (χ0v) is 17.5. The summed E-state index contributed by atoms with van der Waals surface area (Å²) in [6, 6.07) is 21.2. The number of carbonyl (C=O) groups excluding carboxylic acids is 1. The maximum atomic E-state index is 12.6. The molecule has 5 rings (SSSR count). The number of nitrogens with zero attached hydrogens (tertiary/aromatic N) is 4. The molecular weight excluding hydrogens is 410 g/mol. The number of furan rings is 1. The number of rotatable bonds is 6. The van der Waals surface area contributed by atoms with Crippen molar-refractivity contribution in [3.05, 3.63) is 78.6 Å². The van der Waals surface area contributed by atoms with Crippen LogP contribution in [0.2, 0.25) is 0 Å². The molecule has 0 saturated carbocycles. The van der Waals surface area contributed by atoms with Crippen molar-refractivity contribution in [3.8, 4) is 11.6 Å². The molecule has 0 bridgehead atoms. The Morgan fingerprint density at radius 2 is 1.87 bits per heavy atom. The van der Waals surface area contributed by atoms with Crippen LogP contribution in [0.3, 0.4) is 0 Å². The van der Waals surface area contributed by atoms with Crippen LogP contribution in [0.1, 0.15) is 18.5 Å². The second-order valence-electron chi connectivity index (χ2n) is 7.06. The number of para-hydroxylation sites is 1. The fraction of sp³-hybridized carbons (Fsp3) is 0.130. The van der Waals surface area contributed by atoms with Crippen LogP contribution in [0, 0.1) is 0 Å². The van der Waals surface area contributed by atoms with Gasteiger partial charge in [0.05, 0.1) is 23.6 Å². The first-order valence-corrected chi connectivity index (χ1v) is 10.8. The lowest BCUT2D eigenvalue weighted by Gasteiger charge is -2.14. The smallest absolute Gasteiger partial charge is 0.230 e. The molecule has 3 heterocycles. The van der Waals surface area contributed by atoms with Crippen LogP contribution in [0.5, 0.6) is 0 Å². The highest BCUT2D eigenvalue weighted by molar-refractivity contribution is 7.99. The van der Waals surface area contributed by atoms with Crippen molar-refractivity contribution in [2.45, 2.75) is 18.1 Å². The van der Waals surface area contributed by atoms with Crippen LogP contribution < -0.4 is 5.32 Å². The summed E-state index contributed by atoms with van der Waals surface area (Å²) in [5.41, 5.74) is 2.54. The topological polar surface area (TPSA) is 85.3 Å². The van der Waals surface area contributed by atoms with E-state index in [1.807, 2.05) is 78.1 Å². The number of aromatic nitrogens is 4. The van der Waals surface area contributed by atoms with Crippen molar-refractivity contribution in [1.82, 2.24) is 24.9 Å². The number of benzene rings is 2. The van der Waals surface area contributed by atoms with Gasteiger partial charge in [0.15, 0.2) is 22.4 Å². The van der Waals surface area contributed by atoms with Gasteiger partial charge in [0.1, 0.15) is 0 Å². The van der Waals surface area contributed by atoms with Crippen LogP contribution in [0.25, 0.3) is 28.1 Å². The Kier molecular flexibility index (Phi) is 5.13. The summed E-state index contributed by atoms with van der Waals surface area (Å²) in [5, 5.41) is 13.2. The van der Waals surface area contributed by atoms with E-state index >= 15 is 0 Å². The predicted molar refractivity (Wildman–Crippen MR) is 120 cm³/mol. The van der Waals surface area contributed by atoms with Gasteiger partial charge in [0.25, 0.3) is 0 Å². The minimum atomic E-state index is -0.0774. The quantitative estimate of drug-likeness (QED) is 0.400. The van der Waals surface area contributed by atoms with Crippen molar-refractivity contribution in [3.63, 3.8) is 0 Å². The largest absolute Gasteiger partial charge is 0.461 e. The van der Waals surface area contributed by atoms with Gasteiger partial charge in [-0.3, -0.25) is 9.20 Å². The molecule has 0 spiro atoms. The zero-order chi connectivity index (χ0) is 21.2. The standard InChI is InChI=1S/C23H19N5O2S/c1-15(16-8-3-2-4-9-16)24-20(29)14-31-23-27-26-21-17-10-5-6-11-18(17)25-22(28(21)23)19-12-7-13-30-19/h2-13,15H,14H2,1H3,(H,24,29)/t15-/m1/s1. The second-order valence-corrected chi connectivity index (χ2v) is 8.00. The van der Waals surface area contributed by atoms with Crippen LogP contribution in [0.4, 0.5) is 0 Å². The number of hydrogen-bond acceptors (Lipinski definition) is 6. The first-order valence-electron chi connectivity index (χ1n) is 9.85. The van der Waals surface area contributed by atoms with Gasteiger partial charge in [-0.15, -0.1) is 10.2 Å². The van der Waals surface area contributed by atoms with E-state index in [2.05, 4.69) is 15.5 Å². The Morgan fingerprint density at radius 3 is 2.68 bits per heavy atom. The second kappa shape index (κ2) is 8.23. The molecule has 1 amide bonds. The summed E-state index contributed by atoms with van der Waals surface area (Å²) >= 11 is 1.32. The van der Waals surface area contributed by atoms with Gasteiger partial charge >= 0.3 is 0 Å². The Hall–Kier alpha value is -3.65. The maximum absolute atomic E-state index is 12.6. The highest BCUT2D eigenvalue weighted by Crippen LogP contribution is 2.29. The molecular formula is C23H19N5O2S. The number of fused-ring (bicyclic) bond motifs is 3. The molecule has 154 valence electrons. The predicted octanol–water partition coefficient (Wildman–Crippen LogP) is 4.51. The molecule has 0 aliphatic rings. The van der Waals surface area contributed by atoms with Gasteiger partial charge in [-0.25, -0.2) is 4.98 Å². The molecule has 1 atom stereocenters. The van der Waals surface area contributed by atoms with Crippen LogP contribution in [-0.2, 0) is 4.79 Å². The molecule has 0 saturated heterocycles. The summed E-state index contributed by atoms with van der Waals surface area (Å²) in [5.74, 6) is 1.35. The van der Waals surface area contributed by atoms with Crippen LogP contribution in [0.15, 0.2) is 82.6 Å². The van der Waals surface area contributed by atoms with E-state index in [9.17, 15) is 4.79 Å². The minimum absolute atomic E-state index is 0.0752. The number of nitrogens with one attached hydrogen (secondary N) is 1. The van der Waals surface area contributed by atoms with Gasteiger partial charge < -0.3 is 9.73 Å². The van der Waals surface area contributed by atoms with Gasteiger partial charge in [0, 0.05) is 5.39 Å². The zero-order valence-electron chi connectivity index (χ0n) is 16.7. The SMILES string of the molecule is C[C@@H](NC(=O)CSc1nnc2c3ccccc3nc(-c3ccco3)n12)c1ccccc1. The van der Waals surface area contributed by atoms with Gasteiger partial charge in [-0.1, -0.05) is 54.2 Å². The van der Waals surface area contributed by atoms with E-state index in [1.54, 1.807) is 6.26 Å². The lowest BCUT2D eigenvalue weighted by atomic mass is 10.1. The van der Waals surface area contributed by atoms with Gasteiger partial charge in [-0.05, 0) is 36.8 Å². The Labute approximate surface area is 182 Å². The van der Waals surface area contributed by atoms with E-state index in [0.29, 0.717) is 22.4 Å². The molecule has 31 heavy (non-hydrogen) atoms. The fourth-order valence-corrected chi connectivity index (χ4v) is 4.21. The van der Waals surface area contributed by atoms with E-state index in [4.69, 9.17) is 9.40 Å². The molecule has 7 nitrogen and oxygen atoms in total. The molecule has 2 aromatic carbocycles. The van der Waals surface area contributed by atoms with E-state index in [1.165, 1.54) is 11.8 Å². The number of hydrogen-bond donors (Lipinski definition) is 1. The van der Waals surface area contributed by atoms with Crippen molar-refractivity contribution >= 4 is 34.2 Å². The average Bonchev–Trinajstić information content (AvgIpc) is 3.48. The summed E-state index contributed by atoms with van der Waals surface area (Å²) in [4.78, 5) is 17.3. The molecule has 0 unspecified atom stereocenters. The number of amides is 1. The molecule has 3 aromatic heterocycles. The first kappa shape index (κ1) is 19.3. The molecule has 0 aliphatic heterocycles. The van der Waals surface area contributed by atoms with Gasteiger partial charge in [0.2, 0.25) is 5.91 Å². The molecule has 5 aromatic rings. The maximum Gasteiger partial charge on any atom is 0.230 e. The van der Waals surface area contributed by atoms with Crippen molar-refractivity contribution in [2.75, 3.05) is 5.75 Å². The van der Waals surface area contributed by atoms with Crippen molar-refractivity contribution < 1.29 is 9.21 Å². The van der Waals surface area contributed by atoms with E-state index in [0.717, 1.165) is 16.5 Å². The lowest BCUT2D eigenvalue weighted by molar-refractivity contribution is -0.119. The molecule has 0 fully saturated rings. The highest BCUT2D eigenvalue weighted by Gasteiger charge is 2.19. The third-order valence-electron chi connectivity index (χ3n) is 4.97. The Morgan fingerprint density at radius 1 is 1.06 bits per heavy atom. The summed E-state index contributed by atoms with van der Waals surface area (Å²) in [6.45, 7) is 1.97. The Balaban J connectivity index is 1.44. The number of thioether (sulfide) groups is 1. The first-order chi connectivity index (χ1) is 15.2. The fourth-order valence-electron chi connectivity index (χ4n) is 3.46. The van der Waals surface area contributed by atoms with Crippen molar-refractivity contribution in [1.29, 1.82) is 0 Å². The minimum Gasteiger partial charge on any atom is -0.461 e. The van der Waals surface area contributed by atoms with Crippen LogP contribution in [-0.4, -0.2) is 31.2 Å². The Bertz CT molecular complexity index is 1350. The monoisotopic (exact) mass is 429 g/mol. The summed E-state index contributed by atoms with van der Waals surface area (Å²) < 4.78 is 7.45. The highest BCUT2D eigenvalue weighted by atomic mass is 32.2. The van der Waals surface area contributed by atoms with Crippen molar-refractivity contribution in [2.24, 2.45) is 0 Å².